The SMILES string of the molecule is O=C(NCCNc1ccc(S(=O)(=O)N2CCCC2)cn1)c1ccccc1. The zero-order valence-electron chi connectivity index (χ0n) is 14.4. The van der Waals surface area contributed by atoms with Crippen LogP contribution in [0.3, 0.4) is 0 Å². The fourth-order valence-corrected chi connectivity index (χ4v) is 4.24. The Labute approximate surface area is 153 Å². The molecule has 1 aliphatic heterocycles. The van der Waals surface area contributed by atoms with E-state index in [0.717, 1.165) is 12.8 Å². The smallest absolute Gasteiger partial charge is 0.251 e. The number of nitrogens with zero attached hydrogens (tertiary/aromatic N) is 2. The lowest BCUT2D eigenvalue weighted by Crippen LogP contribution is -2.29. The van der Waals surface area contributed by atoms with E-state index < -0.39 is 10.0 Å². The van der Waals surface area contributed by atoms with Crippen molar-refractivity contribution >= 4 is 21.7 Å². The Bertz CT molecular complexity index is 832. The van der Waals surface area contributed by atoms with Crippen LogP contribution in [0.5, 0.6) is 0 Å². The van der Waals surface area contributed by atoms with Gasteiger partial charge in [0.2, 0.25) is 10.0 Å². The molecule has 0 atom stereocenters. The molecule has 2 N–H and O–H groups in total. The van der Waals surface area contributed by atoms with Crippen LogP contribution < -0.4 is 10.6 Å². The average Bonchev–Trinajstić information content (AvgIpc) is 3.22. The summed E-state index contributed by atoms with van der Waals surface area (Å²) in [5.74, 6) is 0.437. The molecule has 1 saturated heterocycles. The Kier molecular flexibility index (Phi) is 5.85. The van der Waals surface area contributed by atoms with Crippen LogP contribution in [0.2, 0.25) is 0 Å². The standard InChI is InChI=1S/C18H22N4O3S/c23-18(15-6-2-1-3-7-15)20-11-10-19-17-9-8-16(14-21-17)26(24,25)22-12-4-5-13-22/h1-3,6-9,14H,4-5,10-13H2,(H,19,21)(H,20,23). The minimum Gasteiger partial charge on any atom is -0.368 e. The molecular weight excluding hydrogens is 352 g/mol. The highest BCUT2D eigenvalue weighted by Gasteiger charge is 2.27. The van der Waals surface area contributed by atoms with E-state index in [1.165, 1.54) is 10.5 Å². The molecule has 7 nitrogen and oxygen atoms in total. The first-order valence-electron chi connectivity index (χ1n) is 8.61. The fourth-order valence-electron chi connectivity index (χ4n) is 2.77. The molecule has 1 aromatic carbocycles. The Hall–Kier alpha value is -2.45. The van der Waals surface area contributed by atoms with Crippen molar-refractivity contribution in [1.29, 1.82) is 0 Å². The van der Waals surface area contributed by atoms with E-state index in [9.17, 15) is 13.2 Å². The number of anilines is 1. The zero-order valence-corrected chi connectivity index (χ0v) is 15.2. The van der Waals surface area contributed by atoms with E-state index in [1.807, 2.05) is 18.2 Å². The maximum absolute atomic E-state index is 12.4. The second-order valence-corrected chi connectivity index (χ2v) is 7.98. The highest BCUT2D eigenvalue weighted by molar-refractivity contribution is 7.89. The van der Waals surface area contributed by atoms with Crippen molar-refractivity contribution < 1.29 is 13.2 Å². The Morgan fingerprint density at radius 3 is 2.42 bits per heavy atom. The van der Waals surface area contributed by atoms with E-state index in [1.54, 1.807) is 24.3 Å². The Morgan fingerprint density at radius 2 is 1.77 bits per heavy atom. The van der Waals surface area contributed by atoms with Crippen LogP contribution >= 0.6 is 0 Å². The van der Waals surface area contributed by atoms with Gasteiger partial charge in [-0.3, -0.25) is 4.79 Å². The summed E-state index contributed by atoms with van der Waals surface area (Å²) in [5.41, 5.74) is 0.613. The molecule has 0 radical (unpaired) electrons. The maximum Gasteiger partial charge on any atom is 0.251 e. The summed E-state index contributed by atoms with van der Waals surface area (Å²) in [7, 11) is -3.44. The van der Waals surface area contributed by atoms with Crippen molar-refractivity contribution in [3.05, 3.63) is 54.2 Å². The fraction of sp³-hybridized carbons (Fsp3) is 0.333. The van der Waals surface area contributed by atoms with Gasteiger partial charge in [0.15, 0.2) is 0 Å². The first-order chi connectivity index (χ1) is 12.6. The van der Waals surface area contributed by atoms with Gasteiger partial charge in [-0.05, 0) is 37.1 Å². The van der Waals surface area contributed by atoms with Crippen molar-refractivity contribution in [3.63, 3.8) is 0 Å². The number of aromatic nitrogens is 1. The number of amides is 1. The molecule has 138 valence electrons. The third-order valence-corrected chi connectivity index (χ3v) is 6.07. The third-order valence-electron chi connectivity index (χ3n) is 4.19. The number of pyridine rings is 1. The van der Waals surface area contributed by atoms with Gasteiger partial charge in [-0.15, -0.1) is 0 Å². The maximum atomic E-state index is 12.4. The number of hydrogen-bond donors (Lipinski definition) is 2. The summed E-state index contributed by atoms with van der Waals surface area (Å²) >= 11 is 0. The van der Waals surface area contributed by atoms with Crippen LogP contribution in [0.1, 0.15) is 23.2 Å². The lowest BCUT2D eigenvalue weighted by Gasteiger charge is -2.15. The summed E-state index contributed by atoms with van der Waals surface area (Å²) in [4.78, 5) is 16.3. The van der Waals surface area contributed by atoms with Crippen molar-refractivity contribution in [2.45, 2.75) is 17.7 Å². The summed E-state index contributed by atoms with van der Waals surface area (Å²) in [6, 6.07) is 12.2. The quantitative estimate of drug-likeness (QED) is 0.720. The number of benzene rings is 1. The molecule has 1 aromatic heterocycles. The molecule has 0 spiro atoms. The predicted molar refractivity (Wildman–Crippen MR) is 99.5 cm³/mol. The number of carbonyl (C=O) groups excluding carboxylic acids is 1. The molecule has 0 aliphatic carbocycles. The van der Waals surface area contributed by atoms with Gasteiger partial charge < -0.3 is 10.6 Å². The molecule has 0 unspecified atom stereocenters. The van der Waals surface area contributed by atoms with Gasteiger partial charge in [-0.1, -0.05) is 18.2 Å². The van der Waals surface area contributed by atoms with E-state index in [4.69, 9.17) is 0 Å². The second-order valence-electron chi connectivity index (χ2n) is 6.04. The molecule has 3 rings (SSSR count). The van der Waals surface area contributed by atoms with Gasteiger partial charge in [0.1, 0.15) is 10.7 Å². The lowest BCUT2D eigenvalue weighted by atomic mass is 10.2. The van der Waals surface area contributed by atoms with E-state index in [2.05, 4.69) is 15.6 Å². The first kappa shape index (κ1) is 18.3. The molecule has 1 amide bonds. The molecule has 8 heteroatoms. The van der Waals surface area contributed by atoms with E-state index in [0.29, 0.717) is 37.6 Å². The molecule has 2 aromatic rings. The molecule has 1 aliphatic rings. The van der Waals surface area contributed by atoms with Gasteiger partial charge in [-0.25, -0.2) is 13.4 Å². The third kappa shape index (κ3) is 4.39. The highest BCUT2D eigenvalue weighted by atomic mass is 32.2. The summed E-state index contributed by atoms with van der Waals surface area (Å²) < 4.78 is 26.4. The summed E-state index contributed by atoms with van der Waals surface area (Å²) in [6.07, 6.45) is 3.18. The predicted octanol–water partition coefficient (Wildman–Crippen LogP) is 1.71. The normalized spacial score (nSPS) is 14.9. The minimum absolute atomic E-state index is 0.132. The monoisotopic (exact) mass is 374 g/mol. The number of hydrogen-bond acceptors (Lipinski definition) is 5. The Balaban J connectivity index is 1.48. The number of carbonyl (C=O) groups is 1. The van der Waals surface area contributed by atoms with Crippen molar-refractivity contribution in [3.8, 4) is 0 Å². The molecule has 0 bridgehead atoms. The summed E-state index contributed by atoms with van der Waals surface area (Å²) in [5, 5.41) is 5.88. The van der Waals surface area contributed by atoms with Gasteiger partial charge in [-0.2, -0.15) is 4.31 Å². The first-order valence-corrected chi connectivity index (χ1v) is 10.0. The van der Waals surface area contributed by atoms with Crippen LogP contribution in [0.25, 0.3) is 0 Å². The van der Waals surface area contributed by atoms with Crippen molar-refractivity contribution in [2.75, 3.05) is 31.5 Å². The molecule has 2 heterocycles. The van der Waals surface area contributed by atoms with Gasteiger partial charge in [0.05, 0.1) is 0 Å². The number of nitrogens with one attached hydrogen (secondary N) is 2. The molecule has 0 saturated carbocycles. The van der Waals surface area contributed by atoms with E-state index >= 15 is 0 Å². The summed E-state index contributed by atoms with van der Waals surface area (Å²) in [6.45, 7) is 2.07. The topological polar surface area (TPSA) is 91.4 Å². The number of sulfonamides is 1. The van der Waals surface area contributed by atoms with Crippen molar-refractivity contribution in [2.24, 2.45) is 0 Å². The van der Waals surface area contributed by atoms with Gasteiger partial charge in [0, 0.05) is 37.9 Å². The van der Waals surface area contributed by atoms with Crippen LogP contribution in [0, 0.1) is 0 Å². The van der Waals surface area contributed by atoms with Crippen LogP contribution in [0.15, 0.2) is 53.6 Å². The van der Waals surface area contributed by atoms with Crippen LogP contribution in [-0.4, -0.2) is 49.8 Å². The van der Waals surface area contributed by atoms with E-state index in [-0.39, 0.29) is 10.8 Å². The van der Waals surface area contributed by atoms with Gasteiger partial charge in [0.25, 0.3) is 5.91 Å². The van der Waals surface area contributed by atoms with Crippen LogP contribution in [-0.2, 0) is 10.0 Å². The minimum atomic E-state index is -3.44. The second kappa shape index (κ2) is 8.29. The molecule has 26 heavy (non-hydrogen) atoms. The average molecular weight is 374 g/mol. The zero-order chi connectivity index (χ0) is 18.4. The molecule has 1 fully saturated rings. The van der Waals surface area contributed by atoms with Crippen LogP contribution in [0.4, 0.5) is 5.82 Å². The Morgan fingerprint density at radius 1 is 1.04 bits per heavy atom. The highest BCUT2D eigenvalue weighted by Crippen LogP contribution is 2.20. The number of rotatable bonds is 7. The van der Waals surface area contributed by atoms with Crippen molar-refractivity contribution in [1.82, 2.24) is 14.6 Å². The lowest BCUT2D eigenvalue weighted by molar-refractivity contribution is 0.0955. The largest absolute Gasteiger partial charge is 0.368 e. The van der Waals surface area contributed by atoms with Gasteiger partial charge >= 0.3 is 0 Å². The molecular formula is C18H22N4O3S.